The molecule has 0 fully saturated rings. The number of rotatable bonds is 1. The fourth-order valence-corrected chi connectivity index (χ4v) is 2.78. The zero-order valence-electron chi connectivity index (χ0n) is 11.6. The molecule has 0 saturated carbocycles. The highest BCUT2D eigenvalue weighted by Crippen LogP contribution is 2.44. The van der Waals surface area contributed by atoms with Gasteiger partial charge in [0.25, 0.3) is 0 Å². The number of anilines is 1. The van der Waals surface area contributed by atoms with Gasteiger partial charge in [0.05, 0.1) is 11.1 Å². The lowest BCUT2D eigenvalue weighted by Gasteiger charge is -2.16. The van der Waals surface area contributed by atoms with Crippen LogP contribution in [-0.2, 0) is 10.2 Å². The van der Waals surface area contributed by atoms with Crippen molar-refractivity contribution in [1.82, 2.24) is 4.98 Å². The first kappa shape index (κ1) is 12.8. The number of amides is 1. The lowest BCUT2D eigenvalue weighted by Crippen LogP contribution is -2.33. The van der Waals surface area contributed by atoms with Crippen molar-refractivity contribution >= 4 is 11.6 Å². The zero-order valence-corrected chi connectivity index (χ0v) is 11.6. The van der Waals surface area contributed by atoms with Crippen LogP contribution in [0.15, 0.2) is 36.7 Å². The lowest BCUT2D eigenvalue weighted by atomic mass is 9.85. The lowest BCUT2D eigenvalue weighted by molar-refractivity contribution is -0.121. The molecule has 1 amide bonds. The van der Waals surface area contributed by atoms with Gasteiger partial charge >= 0.3 is 0 Å². The normalized spacial score (nSPS) is 16.4. The van der Waals surface area contributed by atoms with Crippen molar-refractivity contribution in [2.24, 2.45) is 0 Å². The summed E-state index contributed by atoms with van der Waals surface area (Å²) in [6.45, 7) is 3.64. The summed E-state index contributed by atoms with van der Waals surface area (Å²) in [5, 5.41) is 0. The molecule has 3 nitrogen and oxygen atoms in total. The maximum atomic E-state index is 14.8. The van der Waals surface area contributed by atoms with Gasteiger partial charge in [-0.05, 0) is 25.5 Å². The maximum absolute atomic E-state index is 14.8. The first-order valence-corrected chi connectivity index (χ1v) is 6.46. The molecule has 0 unspecified atom stereocenters. The number of benzene rings is 1. The van der Waals surface area contributed by atoms with Crippen molar-refractivity contribution in [3.05, 3.63) is 48.0 Å². The SMILES string of the molecule is CN1C(=O)C(C)(C)c2ccc(-c3cccnc3)c(F)c21. The van der Waals surface area contributed by atoms with E-state index in [0.717, 1.165) is 5.56 Å². The fraction of sp³-hybridized carbons (Fsp3) is 0.250. The molecule has 2 aromatic rings. The van der Waals surface area contributed by atoms with E-state index in [0.29, 0.717) is 16.8 Å². The van der Waals surface area contributed by atoms with Crippen LogP contribution in [-0.4, -0.2) is 17.9 Å². The van der Waals surface area contributed by atoms with E-state index in [1.54, 1.807) is 37.6 Å². The quantitative estimate of drug-likeness (QED) is 0.797. The van der Waals surface area contributed by atoms with Crippen LogP contribution in [0.25, 0.3) is 11.1 Å². The molecule has 0 saturated heterocycles. The molecule has 0 aliphatic carbocycles. The Morgan fingerprint density at radius 1 is 1.25 bits per heavy atom. The summed E-state index contributed by atoms with van der Waals surface area (Å²) >= 11 is 0. The highest BCUT2D eigenvalue weighted by molar-refractivity contribution is 6.07. The maximum Gasteiger partial charge on any atom is 0.236 e. The molecule has 0 atom stereocenters. The van der Waals surface area contributed by atoms with Crippen molar-refractivity contribution in [3.8, 4) is 11.1 Å². The monoisotopic (exact) mass is 270 g/mol. The summed E-state index contributed by atoms with van der Waals surface area (Å²) in [6.07, 6.45) is 3.26. The zero-order chi connectivity index (χ0) is 14.5. The average molecular weight is 270 g/mol. The van der Waals surface area contributed by atoms with Crippen molar-refractivity contribution in [2.45, 2.75) is 19.3 Å². The number of fused-ring (bicyclic) bond motifs is 1. The van der Waals surface area contributed by atoms with Gasteiger partial charge in [0.1, 0.15) is 0 Å². The first-order chi connectivity index (χ1) is 9.44. The van der Waals surface area contributed by atoms with Crippen molar-refractivity contribution in [1.29, 1.82) is 0 Å². The molecule has 20 heavy (non-hydrogen) atoms. The highest BCUT2D eigenvalue weighted by Gasteiger charge is 2.44. The van der Waals surface area contributed by atoms with Gasteiger partial charge in [0.2, 0.25) is 5.91 Å². The van der Waals surface area contributed by atoms with E-state index in [1.807, 2.05) is 19.9 Å². The predicted molar refractivity (Wildman–Crippen MR) is 76.1 cm³/mol. The second-order valence-electron chi connectivity index (χ2n) is 5.55. The van der Waals surface area contributed by atoms with E-state index in [9.17, 15) is 9.18 Å². The number of likely N-dealkylation sites (N-methyl/N-ethyl adjacent to an activating group) is 1. The van der Waals surface area contributed by atoms with E-state index in [2.05, 4.69) is 4.98 Å². The number of nitrogens with zero attached hydrogens (tertiary/aromatic N) is 2. The Morgan fingerprint density at radius 2 is 2.00 bits per heavy atom. The molecule has 1 aromatic heterocycles. The van der Waals surface area contributed by atoms with Crippen molar-refractivity contribution < 1.29 is 9.18 Å². The first-order valence-electron chi connectivity index (χ1n) is 6.46. The van der Waals surface area contributed by atoms with E-state index in [-0.39, 0.29) is 11.7 Å². The number of hydrogen-bond donors (Lipinski definition) is 0. The number of aromatic nitrogens is 1. The molecule has 1 aliphatic heterocycles. The van der Waals surface area contributed by atoms with Crippen LogP contribution in [0, 0.1) is 5.82 Å². The molecule has 1 aliphatic rings. The Bertz CT molecular complexity index is 695. The molecule has 3 rings (SSSR count). The van der Waals surface area contributed by atoms with Gasteiger partial charge in [0.15, 0.2) is 5.82 Å². The third-order valence-corrected chi connectivity index (χ3v) is 3.94. The fourth-order valence-electron chi connectivity index (χ4n) is 2.78. The molecule has 0 N–H and O–H groups in total. The number of hydrogen-bond acceptors (Lipinski definition) is 2. The number of halogens is 1. The minimum Gasteiger partial charge on any atom is -0.312 e. The molecule has 2 heterocycles. The van der Waals surface area contributed by atoms with Gasteiger partial charge in [0, 0.05) is 30.6 Å². The minimum atomic E-state index is -0.682. The Kier molecular flexibility index (Phi) is 2.64. The summed E-state index contributed by atoms with van der Waals surface area (Å²) in [7, 11) is 1.62. The van der Waals surface area contributed by atoms with Gasteiger partial charge in [-0.15, -0.1) is 0 Å². The van der Waals surface area contributed by atoms with Crippen molar-refractivity contribution in [2.75, 3.05) is 11.9 Å². The van der Waals surface area contributed by atoms with Crippen molar-refractivity contribution in [3.63, 3.8) is 0 Å². The van der Waals surface area contributed by atoms with E-state index in [1.165, 1.54) is 4.90 Å². The van der Waals surface area contributed by atoms with E-state index in [4.69, 9.17) is 0 Å². The van der Waals surface area contributed by atoms with Crippen LogP contribution in [0.5, 0.6) is 0 Å². The number of carbonyl (C=O) groups is 1. The molecular weight excluding hydrogens is 255 g/mol. The third kappa shape index (κ3) is 1.57. The van der Waals surface area contributed by atoms with Crippen LogP contribution in [0.3, 0.4) is 0 Å². The van der Waals surface area contributed by atoms with Gasteiger partial charge in [-0.2, -0.15) is 0 Å². The molecule has 102 valence electrons. The van der Waals surface area contributed by atoms with E-state index < -0.39 is 5.41 Å². The van der Waals surface area contributed by atoms with Crippen LogP contribution in [0.4, 0.5) is 10.1 Å². The topological polar surface area (TPSA) is 33.2 Å². The number of pyridine rings is 1. The minimum absolute atomic E-state index is 0.0882. The summed E-state index contributed by atoms with van der Waals surface area (Å²) in [5.41, 5.74) is 1.60. The Balaban J connectivity index is 2.25. The summed E-state index contributed by atoms with van der Waals surface area (Å²) in [5.74, 6) is -0.452. The predicted octanol–water partition coefficient (Wildman–Crippen LogP) is 3.14. The molecule has 0 radical (unpaired) electrons. The van der Waals surface area contributed by atoms with Gasteiger partial charge in [-0.3, -0.25) is 9.78 Å². The van der Waals surface area contributed by atoms with Crippen LogP contribution >= 0.6 is 0 Å². The molecule has 0 spiro atoms. The van der Waals surface area contributed by atoms with Gasteiger partial charge in [-0.1, -0.05) is 18.2 Å². The second kappa shape index (κ2) is 4.13. The molecular formula is C16H15FN2O. The summed E-state index contributed by atoms with van der Waals surface area (Å²) in [4.78, 5) is 17.6. The largest absolute Gasteiger partial charge is 0.312 e. The van der Waals surface area contributed by atoms with Crippen LogP contribution in [0.2, 0.25) is 0 Å². The second-order valence-corrected chi connectivity index (χ2v) is 5.55. The summed E-state index contributed by atoms with van der Waals surface area (Å²) in [6, 6.07) is 7.13. The smallest absolute Gasteiger partial charge is 0.236 e. The van der Waals surface area contributed by atoms with E-state index >= 15 is 0 Å². The summed E-state index contributed by atoms with van der Waals surface area (Å²) < 4.78 is 14.8. The number of carbonyl (C=O) groups excluding carboxylic acids is 1. The van der Waals surface area contributed by atoms with Gasteiger partial charge in [-0.25, -0.2) is 4.39 Å². The Morgan fingerprint density at radius 3 is 2.65 bits per heavy atom. The standard InChI is InChI=1S/C16H15FN2O/c1-16(2)12-7-6-11(10-5-4-8-18-9-10)13(17)14(12)19(3)15(16)20/h4-9H,1-3H3. The molecule has 4 heteroatoms. The Hall–Kier alpha value is -2.23. The molecule has 0 bridgehead atoms. The average Bonchev–Trinajstić information content (AvgIpc) is 2.62. The van der Waals surface area contributed by atoms with Crippen LogP contribution < -0.4 is 4.90 Å². The molecule has 1 aromatic carbocycles. The Labute approximate surface area is 117 Å². The van der Waals surface area contributed by atoms with Gasteiger partial charge < -0.3 is 4.90 Å². The third-order valence-electron chi connectivity index (χ3n) is 3.94. The van der Waals surface area contributed by atoms with Crippen LogP contribution in [0.1, 0.15) is 19.4 Å². The highest BCUT2D eigenvalue weighted by atomic mass is 19.1.